The monoisotopic (exact) mass is 558 g/mol. The summed E-state index contributed by atoms with van der Waals surface area (Å²) in [5.41, 5.74) is 0.669. The van der Waals surface area contributed by atoms with Gasteiger partial charge in [-0.2, -0.15) is 4.98 Å². The fourth-order valence-electron chi connectivity index (χ4n) is 3.19. The third-order valence-corrected chi connectivity index (χ3v) is 4.82. The van der Waals surface area contributed by atoms with E-state index in [4.69, 9.17) is 9.26 Å². The first-order valence-corrected chi connectivity index (χ1v) is 10.6. The van der Waals surface area contributed by atoms with E-state index in [2.05, 4.69) is 55.0 Å². The number of aromatic nitrogens is 3. The number of hydrogen-bond acceptors (Lipinski definition) is 6. The second-order valence-corrected chi connectivity index (χ2v) is 7.12. The molecule has 0 atom stereocenters. The minimum Gasteiger partial charge on any atom is -0.494 e. The number of fused-ring (bicyclic) bond motifs is 1. The Hall–Kier alpha value is -3.21. The zero-order valence-electron chi connectivity index (χ0n) is 18.4. The van der Waals surface area contributed by atoms with Crippen LogP contribution in [0.3, 0.4) is 0 Å². The molecule has 0 unspecified atom stereocenters. The Bertz CT molecular complexity index is 1170. The van der Waals surface area contributed by atoms with Crippen LogP contribution in [0.4, 0.5) is 0 Å². The highest BCUT2D eigenvalue weighted by Gasteiger charge is 2.09. The molecule has 0 amide bonds. The van der Waals surface area contributed by atoms with E-state index in [1.54, 1.807) is 13.2 Å². The smallest absolute Gasteiger partial charge is 0.276 e. The highest BCUT2D eigenvalue weighted by Crippen LogP contribution is 2.20. The van der Waals surface area contributed by atoms with Crippen LogP contribution in [0.25, 0.3) is 22.4 Å². The Kier molecular flexibility index (Phi) is 9.43. The summed E-state index contributed by atoms with van der Waals surface area (Å²) in [6.45, 7) is 2.01. The first-order valence-electron chi connectivity index (χ1n) is 10.6. The predicted octanol–water partition coefficient (Wildman–Crippen LogP) is 4.08. The number of nitrogens with one attached hydrogen (secondary N) is 2. The molecule has 0 saturated heterocycles. The van der Waals surface area contributed by atoms with Crippen molar-refractivity contribution in [3.8, 4) is 17.3 Å². The third kappa shape index (κ3) is 7.14. The quantitative estimate of drug-likeness (QED) is 0.138. The molecule has 0 aliphatic rings. The molecule has 8 nitrogen and oxygen atoms in total. The normalized spacial score (nSPS) is 11.1. The summed E-state index contributed by atoms with van der Waals surface area (Å²) >= 11 is 0. The number of guanidine groups is 1. The highest BCUT2D eigenvalue weighted by molar-refractivity contribution is 14.0. The van der Waals surface area contributed by atoms with Crippen LogP contribution in [-0.4, -0.2) is 47.8 Å². The second-order valence-electron chi connectivity index (χ2n) is 7.12. The van der Waals surface area contributed by atoms with Crippen molar-refractivity contribution in [3.63, 3.8) is 0 Å². The number of halogens is 1. The number of ether oxygens (including phenoxy) is 1. The van der Waals surface area contributed by atoms with Crippen molar-refractivity contribution in [2.45, 2.75) is 12.8 Å². The van der Waals surface area contributed by atoms with Crippen LogP contribution < -0.4 is 15.4 Å². The number of hydrogen-bond donors (Lipinski definition) is 2. The van der Waals surface area contributed by atoms with Gasteiger partial charge in [-0.05, 0) is 41.5 Å². The Labute approximate surface area is 209 Å². The topological polar surface area (TPSA) is 97.5 Å². The molecule has 2 aromatic heterocycles. The summed E-state index contributed by atoms with van der Waals surface area (Å²) < 4.78 is 11.2. The Morgan fingerprint density at radius 1 is 1.00 bits per heavy atom. The summed E-state index contributed by atoms with van der Waals surface area (Å²) in [4.78, 5) is 12.8. The van der Waals surface area contributed by atoms with Gasteiger partial charge in [0.2, 0.25) is 0 Å². The molecule has 0 fully saturated rings. The maximum Gasteiger partial charge on any atom is 0.276 e. The lowest BCUT2D eigenvalue weighted by Crippen LogP contribution is -2.39. The van der Waals surface area contributed by atoms with Crippen LogP contribution in [-0.2, 0) is 6.42 Å². The zero-order chi connectivity index (χ0) is 22.0. The van der Waals surface area contributed by atoms with Gasteiger partial charge in [0.1, 0.15) is 11.4 Å². The molecule has 2 N–H and O–H groups in total. The van der Waals surface area contributed by atoms with Crippen LogP contribution in [0.5, 0.6) is 5.75 Å². The van der Waals surface area contributed by atoms with Crippen molar-refractivity contribution >= 4 is 40.7 Å². The highest BCUT2D eigenvalue weighted by atomic mass is 127. The van der Waals surface area contributed by atoms with Gasteiger partial charge in [-0.3, -0.25) is 9.98 Å². The van der Waals surface area contributed by atoms with Crippen LogP contribution in [0, 0.1) is 0 Å². The molecule has 2 heterocycles. The molecular weight excluding hydrogens is 531 g/mol. The van der Waals surface area contributed by atoms with Crippen molar-refractivity contribution in [1.29, 1.82) is 0 Å². The molecular formula is C24H27IN6O2. The lowest BCUT2D eigenvalue weighted by atomic mass is 10.1. The van der Waals surface area contributed by atoms with Crippen molar-refractivity contribution < 1.29 is 9.26 Å². The van der Waals surface area contributed by atoms with E-state index in [0.717, 1.165) is 24.7 Å². The molecule has 0 aliphatic carbocycles. The maximum atomic E-state index is 5.87. The summed E-state index contributed by atoms with van der Waals surface area (Å²) in [7, 11) is 1.74. The molecule has 9 heteroatoms. The zero-order valence-corrected chi connectivity index (χ0v) is 20.7. The van der Waals surface area contributed by atoms with Crippen molar-refractivity contribution in [3.05, 3.63) is 72.7 Å². The van der Waals surface area contributed by atoms with Crippen LogP contribution in [0.15, 0.2) is 76.4 Å². The number of pyridine rings is 1. The predicted molar refractivity (Wildman–Crippen MR) is 140 cm³/mol. The molecule has 0 saturated carbocycles. The number of aliphatic imine (C=N–C) groups is 1. The molecule has 4 aromatic rings. The number of rotatable bonds is 9. The van der Waals surface area contributed by atoms with Gasteiger partial charge in [0.25, 0.3) is 5.89 Å². The molecule has 0 spiro atoms. The van der Waals surface area contributed by atoms with Gasteiger partial charge < -0.3 is 19.9 Å². The van der Waals surface area contributed by atoms with Gasteiger partial charge in [0.05, 0.1) is 6.61 Å². The maximum absolute atomic E-state index is 5.87. The van der Waals surface area contributed by atoms with Crippen LogP contribution in [0.2, 0.25) is 0 Å². The summed E-state index contributed by atoms with van der Waals surface area (Å²) in [6, 6.07) is 20.0. The SMILES string of the molecule is CN=C(NCCCOc1ccc2ccccc2c1)NCCc1noc(-c2ccccn2)n1.I. The molecule has 0 aliphatic heterocycles. The van der Waals surface area contributed by atoms with Gasteiger partial charge in [-0.25, -0.2) is 0 Å². The molecule has 172 valence electrons. The minimum absolute atomic E-state index is 0. The van der Waals surface area contributed by atoms with E-state index < -0.39 is 0 Å². The van der Waals surface area contributed by atoms with E-state index in [1.807, 2.05) is 36.4 Å². The number of nitrogens with zero attached hydrogens (tertiary/aromatic N) is 4. The van der Waals surface area contributed by atoms with E-state index >= 15 is 0 Å². The van der Waals surface area contributed by atoms with Gasteiger partial charge >= 0.3 is 0 Å². The van der Waals surface area contributed by atoms with Gasteiger partial charge in [0.15, 0.2) is 11.8 Å². The standard InChI is InChI=1S/C24H26N6O2.HI/c1-25-24(28-15-12-22-29-23(32-30-22)21-9-4-5-13-26-21)27-14-6-16-31-20-11-10-18-7-2-3-8-19(18)17-20;/h2-5,7-11,13,17H,6,12,14-16H2,1H3,(H2,25,27,28);1H. The van der Waals surface area contributed by atoms with E-state index in [-0.39, 0.29) is 24.0 Å². The Morgan fingerprint density at radius 3 is 2.64 bits per heavy atom. The van der Waals surface area contributed by atoms with E-state index in [1.165, 1.54) is 10.8 Å². The second kappa shape index (κ2) is 12.7. The van der Waals surface area contributed by atoms with Crippen LogP contribution >= 0.6 is 24.0 Å². The molecule has 0 radical (unpaired) electrons. The largest absolute Gasteiger partial charge is 0.494 e. The van der Waals surface area contributed by atoms with Gasteiger partial charge in [0, 0.05) is 32.8 Å². The summed E-state index contributed by atoms with van der Waals surface area (Å²) in [5, 5.41) is 12.9. The molecule has 2 aromatic carbocycles. The number of benzene rings is 2. The van der Waals surface area contributed by atoms with E-state index in [0.29, 0.717) is 37.0 Å². The Morgan fingerprint density at radius 2 is 1.82 bits per heavy atom. The lowest BCUT2D eigenvalue weighted by molar-refractivity contribution is 0.311. The van der Waals surface area contributed by atoms with Crippen molar-refractivity contribution in [1.82, 2.24) is 25.8 Å². The summed E-state index contributed by atoms with van der Waals surface area (Å²) in [6.07, 6.45) is 3.16. The van der Waals surface area contributed by atoms with Crippen molar-refractivity contribution in [2.24, 2.45) is 4.99 Å². The molecule has 33 heavy (non-hydrogen) atoms. The minimum atomic E-state index is 0. The molecule has 0 bridgehead atoms. The van der Waals surface area contributed by atoms with Gasteiger partial charge in [-0.1, -0.05) is 41.6 Å². The summed E-state index contributed by atoms with van der Waals surface area (Å²) in [5.74, 6) is 2.66. The fraction of sp³-hybridized carbons (Fsp3) is 0.250. The fourth-order valence-corrected chi connectivity index (χ4v) is 3.19. The molecule has 4 rings (SSSR count). The Balaban J connectivity index is 0.00000306. The first-order chi connectivity index (χ1) is 15.8. The average molecular weight is 558 g/mol. The first kappa shape index (κ1) is 24.4. The third-order valence-electron chi connectivity index (χ3n) is 4.82. The van der Waals surface area contributed by atoms with Crippen LogP contribution in [0.1, 0.15) is 12.2 Å². The average Bonchev–Trinajstić information content (AvgIpc) is 3.32. The van der Waals surface area contributed by atoms with Crippen molar-refractivity contribution in [2.75, 3.05) is 26.7 Å². The lowest BCUT2D eigenvalue weighted by Gasteiger charge is -2.12. The van der Waals surface area contributed by atoms with Gasteiger partial charge in [-0.15, -0.1) is 24.0 Å². The van der Waals surface area contributed by atoms with E-state index in [9.17, 15) is 0 Å².